The summed E-state index contributed by atoms with van der Waals surface area (Å²) in [5.41, 5.74) is 2.70. The van der Waals surface area contributed by atoms with Gasteiger partial charge in [0.15, 0.2) is 0 Å². The molecule has 4 N–H and O–H groups in total. The van der Waals surface area contributed by atoms with E-state index < -0.39 is 6.04 Å². The molecule has 0 aliphatic rings. The maximum absolute atomic E-state index is 12.0. The Hall–Kier alpha value is -4.51. The van der Waals surface area contributed by atoms with Crippen molar-refractivity contribution in [2.75, 3.05) is 17.2 Å². The Morgan fingerprint density at radius 1 is 1.18 bits per heavy atom. The summed E-state index contributed by atoms with van der Waals surface area (Å²) in [4.78, 5) is 21.0. The van der Waals surface area contributed by atoms with Gasteiger partial charge in [0.2, 0.25) is 11.8 Å². The van der Waals surface area contributed by atoms with Gasteiger partial charge in [-0.2, -0.15) is 4.98 Å². The van der Waals surface area contributed by atoms with Crippen LogP contribution in [0.2, 0.25) is 0 Å². The van der Waals surface area contributed by atoms with Gasteiger partial charge in [-0.25, -0.2) is 4.98 Å². The molecule has 0 amide bonds. The topological polar surface area (TPSA) is 147 Å². The zero-order valence-electron chi connectivity index (χ0n) is 18.5. The minimum Gasteiger partial charge on any atom is -0.421 e. The first-order chi connectivity index (χ1) is 16.5. The molecule has 1 atom stereocenters. The molecule has 34 heavy (non-hydrogen) atoms. The van der Waals surface area contributed by atoms with Crippen LogP contribution in [0.3, 0.4) is 0 Å². The highest BCUT2D eigenvalue weighted by Crippen LogP contribution is 2.30. The van der Waals surface area contributed by atoms with Gasteiger partial charge in [0.25, 0.3) is 11.4 Å². The van der Waals surface area contributed by atoms with Crippen LogP contribution < -0.4 is 16.2 Å². The summed E-state index contributed by atoms with van der Waals surface area (Å²) in [5.74, 6) is 1.40. The summed E-state index contributed by atoms with van der Waals surface area (Å²) in [6, 6.07) is 14.5. The number of fused-ring (bicyclic) bond motifs is 1. The Morgan fingerprint density at radius 3 is 2.74 bits per heavy atom. The number of aliphatic hydroxyl groups excluding tert-OH is 1. The van der Waals surface area contributed by atoms with E-state index in [2.05, 4.69) is 35.9 Å². The summed E-state index contributed by atoms with van der Waals surface area (Å²) in [6.07, 6.45) is 1.58. The van der Waals surface area contributed by atoms with E-state index in [0.717, 1.165) is 11.1 Å². The zero-order valence-corrected chi connectivity index (χ0v) is 18.5. The third-order valence-electron chi connectivity index (χ3n) is 5.37. The molecule has 0 aliphatic carbocycles. The number of aromatic nitrogens is 6. The third-order valence-corrected chi connectivity index (χ3v) is 5.37. The van der Waals surface area contributed by atoms with E-state index in [-0.39, 0.29) is 18.1 Å². The molecule has 0 spiro atoms. The molecule has 0 saturated heterocycles. The molecule has 11 nitrogen and oxygen atoms in total. The van der Waals surface area contributed by atoms with Crippen LogP contribution in [0.1, 0.15) is 17.5 Å². The maximum Gasteiger partial charge on any atom is 0.271 e. The predicted octanol–water partition coefficient (Wildman–Crippen LogP) is 2.90. The average molecular weight is 458 g/mol. The molecule has 0 saturated carbocycles. The van der Waals surface area contributed by atoms with Crippen molar-refractivity contribution >= 4 is 28.4 Å². The zero-order chi connectivity index (χ0) is 23.7. The lowest BCUT2D eigenvalue weighted by molar-refractivity contribution is 0.276. The van der Waals surface area contributed by atoms with E-state index in [1.54, 1.807) is 37.0 Å². The number of nitrogens with zero attached hydrogens (tertiary/aromatic N) is 5. The Kier molecular flexibility index (Phi) is 5.52. The number of aryl methyl sites for hydroxylation is 2. The van der Waals surface area contributed by atoms with Crippen LogP contribution in [-0.2, 0) is 7.05 Å². The second kappa shape index (κ2) is 8.79. The van der Waals surface area contributed by atoms with Gasteiger partial charge < -0.3 is 20.2 Å². The predicted molar refractivity (Wildman–Crippen MR) is 127 cm³/mol. The van der Waals surface area contributed by atoms with Gasteiger partial charge in [-0.1, -0.05) is 30.3 Å². The summed E-state index contributed by atoms with van der Waals surface area (Å²) >= 11 is 0. The first-order valence-electron chi connectivity index (χ1n) is 10.6. The molecular weight excluding hydrogens is 436 g/mol. The average Bonchev–Trinajstić information content (AvgIpc) is 3.40. The van der Waals surface area contributed by atoms with Crippen LogP contribution in [0.5, 0.6) is 0 Å². The monoisotopic (exact) mass is 458 g/mol. The number of nitrogens with one attached hydrogen (secondary N) is 3. The first kappa shape index (κ1) is 21.3. The highest BCUT2D eigenvalue weighted by atomic mass is 16.4. The Balaban J connectivity index is 1.52. The fraction of sp³-hybridized carbons (Fsp3) is 0.174. The molecule has 0 unspecified atom stereocenters. The number of hydrogen-bond acceptors (Lipinski definition) is 9. The van der Waals surface area contributed by atoms with Gasteiger partial charge in [-0.15, -0.1) is 10.2 Å². The molecule has 11 heteroatoms. The largest absolute Gasteiger partial charge is 0.421 e. The van der Waals surface area contributed by atoms with Crippen LogP contribution in [0, 0.1) is 6.92 Å². The highest BCUT2D eigenvalue weighted by Gasteiger charge is 2.19. The molecule has 5 aromatic rings. The standard InChI is InChI=1S/C23H22N8O3/c1-13-28-29-22(34-13)17-11-24-23(25-15-8-9-16-19(10-15)31(2)30-21(16)33)27-20(17)26-18(12-32)14-6-4-3-5-7-14/h3-11,18,32H,12H2,1-2H3,(H,30,33)(H2,24,25,26,27)/t18-/m1/s1. The number of hydrogen-bond donors (Lipinski definition) is 4. The van der Waals surface area contributed by atoms with Crippen molar-refractivity contribution in [2.24, 2.45) is 7.05 Å². The van der Waals surface area contributed by atoms with Crippen LogP contribution in [0.4, 0.5) is 17.5 Å². The molecule has 3 aromatic heterocycles. The molecule has 0 radical (unpaired) electrons. The van der Waals surface area contributed by atoms with Crippen molar-refractivity contribution in [1.82, 2.24) is 29.9 Å². The Morgan fingerprint density at radius 2 is 2.00 bits per heavy atom. The smallest absolute Gasteiger partial charge is 0.271 e. The fourth-order valence-corrected chi connectivity index (χ4v) is 3.68. The second-order valence-electron chi connectivity index (χ2n) is 7.73. The Bertz CT molecular complexity index is 1510. The first-order valence-corrected chi connectivity index (χ1v) is 10.6. The number of rotatable bonds is 7. The van der Waals surface area contributed by atoms with Crippen LogP contribution in [-0.4, -0.2) is 41.7 Å². The van der Waals surface area contributed by atoms with Gasteiger partial charge in [0.05, 0.1) is 29.1 Å². The number of benzene rings is 2. The highest BCUT2D eigenvalue weighted by molar-refractivity contribution is 5.83. The van der Waals surface area contributed by atoms with E-state index >= 15 is 0 Å². The van der Waals surface area contributed by atoms with Crippen LogP contribution in [0.15, 0.2) is 63.9 Å². The SMILES string of the molecule is Cc1nnc(-c2cnc(Nc3ccc4c(=O)[nH]n(C)c4c3)nc2N[C@H](CO)c2ccccc2)o1. The Labute approximate surface area is 193 Å². The normalized spacial score (nSPS) is 12.1. The molecule has 5 rings (SSSR count). The molecule has 172 valence electrons. The molecule has 0 bridgehead atoms. The van der Waals surface area contributed by atoms with E-state index in [4.69, 9.17) is 4.42 Å². The van der Waals surface area contributed by atoms with Gasteiger partial charge >= 0.3 is 0 Å². The molecular formula is C23H22N8O3. The summed E-state index contributed by atoms with van der Waals surface area (Å²) in [6.45, 7) is 1.54. The third kappa shape index (κ3) is 4.11. The van der Waals surface area contributed by atoms with Gasteiger partial charge in [0.1, 0.15) is 5.82 Å². The summed E-state index contributed by atoms with van der Waals surface area (Å²) in [5, 5.41) is 27.8. The number of aliphatic hydroxyl groups is 1. The van der Waals surface area contributed by atoms with E-state index in [0.29, 0.717) is 34.3 Å². The molecule has 2 aromatic carbocycles. The van der Waals surface area contributed by atoms with Gasteiger partial charge in [-0.3, -0.25) is 14.6 Å². The van der Waals surface area contributed by atoms with E-state index in [9.17, 15) is 9.90 Å². The van der Waals surface area contributed by atoms with Crippen molar-refractivity contribution in [3.8, 4) is 11.5 Å². The lowest BCUT2D eigenvalue weighted by Gasteiger charge is -2.19. The van der Waals surface area contributed by atoms with Crippen molar-refractivity contribution in [1.29, 1.82) is 0 Å². The van der Waals surface area contributed by atoms with E-state index in [1.165, 1.54) is 0 Å². The van der Waals surface area contributed by atoms with Crippen molar-refractivity contribution in [3.05, 3.63) is 76.5 Å². The van der Waals surface area contributed by atoms with Crippen molar-refractivity contribution in [2.45, 2.75) is 13.0 Å². The van der Waals surface area contributed by atoms with Gasteiger partial charge in [0, 0.05) is 25.9 Å². The second-order valence-corrected chi connectivity index (χ2v) is 7.73. The number of aromatic amines is 1. The quantitative estimate of drug-likeness (QED) is 0.289. The van der Waals surface area contributed by atoms with Crippen molar-refractivity contribution in [3.63, 3.8) is 0 Å². The van der Waals surface area contributed by atoms with Crippen molar-refractivity contribution < 1.29 is 9.52 Å². The minimum absolute atomic E-state index is 0.151. The number of H-pyrrole nitrogens is 1. The summed E-state index contributed by atoms with van der Waals surface area (Å²) < 4.78 is 7.25. The van der Waals surface area contributed by atoms with Gasteiger partial charge in [-0.05, 0) is 23.8 Å². The van der Waals surface area contributed by atoms with Crippen LogP contribution in [0.25, 0.3) is 22.4 Å². The molecule has 3 heterocycles. The maximum atomic E-state index is 12.0. The molecule has 0 fully saturated rings. The molecule has 0 aliphatic heterocycles. The minimum atomic E-state index is -0.419. The number of anilines is 3. The lowest BCUT2D eigenvalue weighted by atomic mass is 10.1. The van der Waals surface area contributed by atoms with E-state index in [1.807, 2.05) is 36.4 Å². The summed E-state index contributed by atoms with van der Waals surface area (Å²) in [7, 11) is 1.77. The van der Waals surface area contributed by atoms with Crippen LogP contribution >= 0.6 is 0 Å². The fourth-order valence-electron chi connectivity index (χ4n) is 3.68. The lowest BCUT2D eigenvalue weighted by Crippen LogP contribution is -2.17.